The fourth-order valence-corrected chi connectivity index (χ4v) is 1.70. The highest BCUT2D eigenvalue weighted by Crippen LogP contribution is 2.20. The summed E-state index contributed by atoms with van der Waals surface area (Å²) in [5.41, 5.74) is 5.87. The summed E-state index contributed by atoms with van der Waals surface area (Å²) in [5, 5.41) is 0. The molecular formula is C14H30N2O. The summed E-state index contributed by atoms with van der Waals surface area (Å²) in [6, 6.07) is -0.181. The molecule has 0 fully saturated rings. The average molecular weight is 242 g/mol. The van der Waals surface area contributed by atoms with Crippen LogP contribution in [0.4, 0.5) is 0 Å². The maximum absolute atomic E-state index is 12.3. The highest BCUT2D eigenvalue weighted by atomic mass is 16.2. The first-order valence-corrected chi connectivity index (χ1v) is 6.77. The molecule has 0 rings (SSSR count). The lowest BCUT2D eigenvalue weighted by molar-refractivity contribution is -0.136. The maximum Gasteiger partial charge on any atom is 0.240 e. The predicted octanol–water partition coefficient (Wildman–Crippen LogP) is 2.79. The number of amides is 1. The van der Waals surface area contributed by atoms with Crippen molar-refractivity contribution in [1.29, 1.82) is 0 Å². The number of carbonyl (C=O) groups excluding carboxylic acids is 1. The van der Waals surface area contributed by atoms with E-state index >= 15 is 0 Å². The number of hydrogen-bond donors (Lipinski definition) is 1. The SMILES string of the molecule is CCCCCN(C(=O)C(N)C(C)(C)C)C(C)C. The highest BCUT2D eigenvalue weighted by Gasteiger charge is 2.31. The van der Waals surface area contributed by atoms with Crippen LogP contribution in [-0.4, -0.2) is 29.4 Å². The molecule has 0 saturated carbocycles. The van der Waals surface area contributed by atoms with Crippen molar-refractivity contribution < 1.29 is 4.79 Å². The summed E-state index contributed by atoms with van der Waals surface area (Å²) < 4.78 is 0. The molecule has 0 aliphatic carbocycles. The summed E-state index contributed by atoms with van der Waals surface area (Å²) in [7, 11) is 0. The lowest BCUT2D eigenvalue weighted by atomic mass is 9.86. The minimum absolute atomic E-state index is 0.0867. The van der Waals surface area contributed by atoms with Crippen LogP contribution in [0.5, 0.6) is 0 Å². The number of hydrogen-bond acceptors (Lipinski definition) is 2. The molecule has 0 radical (unpaired) electrons. The van der Waals surface area contributed by atoms with Crippen LogP contribution in [0.3, 0.4) is 0 Å². The summed E-state index contributed by atoms with van der Waals surface area (Å²) >= 11 is 0. The molecule has 0 aromatic carbocycles. The Morgan fingerprint density at radius 1 is 1.24 bits per heavy atom. The van der Waals surface area contributed by atoms with Crippen LogP contribution in [-0.2, 0) is 4.79 Å². The Bertz CT molecular complexity index is 231. The Kier molecular flexibility index (Phi) is 6.76. The number of nitrogens with two attached hydrogens (primary N) is 1. The Balaban J connectivity index is 4.55. The van der Waals surface area contributed by atoms with Gasteiger partial charge in [0, 0.05) is 12.6 Å². The first kappa shape index (κ1) is 16.4. The molecule has 1 unspecified atom stereocenters. The van der Waals surface area contributed by atoms with E-state index in [4.69, 9.17) is 5.73 Å². The smallest absolute Gasteiger partial charge is 0.240 e. The van der Waals surface area contributed by atoms with E-state index in [1.807, 2.05) is 25.7 Å². The van der Waals surface area contributed by atoms with E-state index in [2.05, 4.69) is 20.8 Å². The number of nitrogens with zero attached hydrogens (tertiary/aromatic N) is 1. The number of rotatable bonds is 6. The van der Waals surface area contributed by atoms with Gasteiger partial charge in [0.05, 0.1) is 6.04 Å². The van der Waals surface area contributed by atoms with Crippen molar-refractivity contribution in [2.75, 3.05) is 6.54 Å². The third kappa shape index (κ3) is 5.53. The molecule has 0 aliphatic rings. The van der Waals surface area contributed by atoms with Crippen molar-refractivity contribution in [3.63, 3.8) is 0 Å². The van der Waals surface area contributed by atoms with Crippen molar-refractivity contribution in [1.82, 2.24) is 4.90 Å². The Hall–Kier alpha value is -0.570. The van der Waals surface area contributed by atoms with E-state index in [1.165, 1.54) is 12.8 Å². The van der Waals surface area contributed by atoms with Crippen LogP contribution < -0.4 is 5.73 Å². The third-order valence-corrected chi connectivity index (χ3v) is 3.11. The molecule has 0 saturated heterocycles. The molecule has 0 aromatic heterocycles. The van der Waals surface area contributed by atoms with Gasteiger partial charge in [-0.3, -0.25) is 4.79 Å². The fraction of sp³-hybridized carbons (Fsp3) is 0.929. The zero-order valence-electron chi connectivity index (χ0n) is 12.4. The topological polar surface area (TPSA) is 46.3 Å². The Morgan fingerprint density at radius 3 is 2.12 bits per heavy atom. The molecule has 102 valence electrons. The van der Waals surface area contributed by atoms with Crippen molar-refractivity contribution >= 4 is 5.91 Å². The van der Waals surface area contributed by atoms with Gasteiger partial charge in [-0.15, -0.1) is 0 Å². The first-order valence-electron chi connectivity index (χ1n) is 6.77. The van der Waals surface area contributed by atoms with E-state index in [0.29, 0.717) is 0 Å². The quantitative estimate of drug-likeness (QED) is 0.728. The van der Waals surface area contributed by atoms with E-state index in [9.17, 15) is 4.79 Å². The monoisotopic (exact) mass is 242 g/mol. The van der Waals surface area contributed by atoms with Gasteiger partial charge in [-0.05, 0) is 25.7 Å². The van der Waals surface area contributed by atoms with Crippen LogP contribution in [0.2, 0.25) is 0 Å². The summed E-state index contributed by atoms with van der Waals surface area (Å²) in [5.74, 6) is 0.0867. The summed E-state index contributed by atoms with van der Waals surface area (Å²) in [6.07, 6.45) is 3.41. The molecule has 0 aromatic rings. The minimum Gasteiger partial charge on any atom is -0.339 e. The van der Waals surface area contributed by atoms with Crippen LogP contribution in [0.15, 0.2) is 0 Å². The number of carbonyl (C=O) groups is 1. The van der Waals surface area contributed by atoms with Gasteiger partial charge >= 0.3 is 0 Å². The van der Waals surface area contributed by atoms with Crippen LogP contribution >= 0.6 is 0 Å². The highest BCUT2D eigenvalue weighted by molar-refractivity contribution is 5.82. The van der Waals surface area contributed by atoms with Crippen molar-refractivity contribution in [2.45, 2.75) is 72.9 Å². The average Bonchev–Trinajstić information content (AvgIpc) is 2.20. The lowest BCUT2D eigenvalue weighted by Crippen LogP contribution is -2.52. The predicted molar refractivity (Wildman–Crippen MR) is 73.8 cm³/mol. The van der Waals surface area contributed by atoms with E-state index in [-0.39, 0.29) is 17.4 Å². The molecule has 0 heterocycles. The molecule has 1 atom stereocenters. The van der Waals surface area contributed by atoms with Gasteiger partial charge in [0.25, 0.3) is 0 Å². The van der Waals surface area contributed by atoms with E-state index < -0.39 is 6.04 Å². The summed E-state index contributed by atoms with van der Waals surface area (Å²) in [4.78, 5) is 14.2. The van der Waals surface area contributed by atoms with Crippen molar-refractivity contribution in [3.8, 4) is 0 Å². The number of unbranched alkanes of at least 4 members (excludes halogenated alkanes) is 2. The van der Waals surface area contributed by atoms with Crippen molar-refractivity contribution in [2.24, 2.45) is 11.1 Å². The van der Waals surface area contributed by atoms with Crippen molar-refractivity contribution in [3.05, 3.63) is 0 Å². The van der Waals surface area contributed by atoms with Crippen LogP contribution in [0.1, 0.15) is 60.8 Å². The first-order chi connectivity index (χ1) is 7.71. The van der Waals surface area contributed by atoms with Gasteiger partial charge in [0.2, 0.25) is 5.91 Å². The second-order valence-corrected chi connectivity index (χ2v) is 6.18. The third-order valence-electron chi connectivity index (χ3n) is 3.11. The molecule has 2 N–H and O–H groups in total. The Labute approximate surface area is 107 Å². The van der Waals surface area contributed by atoms with E-state index in [1.54, 1.807) is 0 Å². The fourth-order valence-electron chi connectivity index (χ4n) is 1.70. The normalized spacial score (nSPS) is 13.9. The molecule has 0 aliphatic heterocycles. The van der Waals surface area contributed by atoms with Gasteiger partial charge in [-0.2, -0.15) is 0 Å². The second kappa shape index (κ2) is 7.00. The van der Waals surface area contributed by atoms with Gasteiger partial charge in [-0.1, -0.05) is 40.5 Å². The molecule has 0 spiro atoms. The molecule has 3 heteroatoms. The standard InChI is InChI=1S/C14H30N2O/c1-7-8-9-10-16(11(2)3)13(17)12(15)14(4,5)6/h11-12H,7-10,15H2,1-6H3. The molecule has 1 amide bonds. The molecule has 0 bridgehead atoms. The van der Waals surface area contributed by atoms with Gasteiger partial charge in [-0.25, -0.2) is 0 Å². The summed E-state index contributed by atoms with van der Waals surface area (Å²) in [6.45, 7) is 13.1. The maximum atomic E-state index is 12.3. The lowest BCUT2D eigenvalue weighted by Gasteiger charge is -2.34. The van der Waals surface area contributed by atoms with Crippen LogP contribution in [0, 0.1) is 5.41 Å². The zero-order valence-corrected chi connectivity index (χ0v) is 12.4. The van der Waals surface area contributed by atoms with Gasteiger partial charge in [0.15, 0.2) is 0 Å². The van der Waals surface area contributed by atoms with Gasteiger partial charge in [0.1, 0.15) is 0 Å². The second-order valence-electron chi connectivity index (χ2n) is 6.18. The molecular weight excluding hydrogens is 212 g/mol. The van der Waals surface area contributed by atoms with Crippen LogP contribution in [0.25, 0.3) is 0 Å². The minimum atomic E-state index is -0.411. The van der Waals surface area contributed by atoms with Gasteiger partial charge < -0.3 is 10.6 Å². The molecule has 3 nitrogen and oxygen atoms in total. The molecule has 17 heavy (non-hydrogen) atoms. The van der Waals surface area contributed by atoms with E-state index in [0.717, 1.165) is 13.0 Å². The Morgan fingerprint density at radius 2 is 1.76 bits per heavy atom. The zero-order chi connectivity index (χ0) is 13.6. The largest absolute Gasteiger partial charge is 0.339 e.